The van der Waals surface area contributed by atoms with E-state index in [1.54, 1.807) is 4.57 Å². The second kappa shape index (κ2) is 4.19. The Kier molecular flexibility index (Phi) is 2.86. The van der Waals surface area contributed by atoms with E-state index in [1.165, 1.54) is 12.3 Å². The highest BCUT2D eigenvalue weighted by Crippen LogP contribution is 2.21. The van der Waals surface area contributed by atoms with Crippen LogP contribution in [-0.4, -0.2) is 4.57 Å². The Morgan fingerprint density at radius 3 is 2.82 bits per heavy atom. The summed E-state index contributed by atoms with van der Waals surface area (Å²) in [5, 5.41) is 8.97. The Hall–Kier alpha value is -1.86. The summed E-state index contributed by atoms with van der Waals surface area (Å²) in [6.45, 7) is 2.43. The van der Waals surface area contributed by atoms with Gasteiger partial charge in [0.1, 0.15) is 17.4 Å². The van der Waals surface area contributed by atoms with Gasteiger partial charge in [-0.2, -0.15) is 5.26 Å². The molecule has 0 saturated heterocycles. The Labute approximate surface area is 102 Å². The average Bonchev–Trinajstić information content (AvgIpc) is 2.32. The van der Waals surface area contributed by atoms with Crippen molar-refractivity contribution in [1.82, 2.24) is 4.57 Å². The van der Waals surface area contributed by atoms with Gasteiger partial charge in [-0.15, -0.1) is 0 Å². The fraction of sp³-hybridized carbons (Fsp3) is 0.167. The van der Waals surface area contributed by atoms with Gasteiger partial charge in [0.25, 0.3) is 0 Å². The maximum absolute atomic E-state index is 13.3. The van der Waals surface area contributed by atoms with Crippen LogP contribution in [0.4, 0.5) is 4.39 Å². The number of hydrogen-bond donors (Lipinski definition) is 0. The predicted octanol–water partition coefficient (Wildman–Crippen LogP) is 2.69. The van der Waals surface area contributed by atoms with Crippen molar-refractivity contribution in [2.24, 2.45) is 0 Å². The highest BCUT2D eigenvalue weighted by molar-refractivity contribution is 6.31. The molecule has 3 nitrogen and oxygen atoms in total. The molecule has 0 unspecified atom stereocenters. The first-order chi connectivity index (χ1) is 8.08. The molecule has 0 saturated carbocycles. The molecular weight excluding hydrogens is 243 g/mol. The van der Waals surface area contributed by atoms with Crippen LogP contribution in [0.15, 0.2) is 23.1 Å². The van der Waals surface area contributed by atoms with Gasteiger partial charge in [0, 0.05) is 12.7 Å². The van der Waals surface area contributed by atoms with Crippen molar-refractivity contribution in [3.8, 4) is 6.07 Å². The highest BCUT2D eigenvalue weighted by Gasteiger charge is 2.11. The number of halogens is 2. The minimum absolute atomic E-state index is 0.000993. The van der Waals surface area contributed by atoms with Crippen molar-refractivity contribution in [3.63, 3.8) is 0 Å². The lowest BCUT2D eigenvalue weighted by molar-refractivity contribution is 0.629. The Balaban J connectivity index is 3.01. The Bertz CT molecular complexity index is 700. The van der Waals surface area contributed by atoms with Gasteiger partial charge < -0.3 is 4.57 Å². The molecule has 0 N–H and O–H groups in total. The smallest absolute Gasteiger partial charge is 0.207 e. The molecule has 2 rings (SSSR count). The SMILES string of the molecule is CCn1cc(C#N)c(=O)c2cc(F)c(Cl)cc21. The summed E-state index contributed by atoms with van der Waals surface area (Å²) in [6.07, 6.45) is 1.46. The third-order valence-corrected chi connectivity index (χ3v) is 2.87. The number of rotatable bonds is 1. The number of hydrogen-bond acceptors (Lipinski definition) is 2. The third-order valence-electron chi connectivity index (χ3n) is 2.58. The first-order valence-electron chi connectivity index (χ1n) is 5.00. The van der Waals surface area contributed by atoms with Crippen LogP contribution in [0.2, 0.25) is 5.02 Å². The lowest BCUT2D eigenvalue weighted by Gasteiger charge is -2.09. The van der Waals surface area contributed by atoms with Gasteiger partial charge in [-0.1, -0.05) is 11.6 Å². The molecule has 5 heteroatoms. The molecule has 0 aliphatic heterocycles. The molecule has 1 aromatic carbocycles. The van der Waals surface area contributed by atoms with Crippen LogP contribution >= 0.6 is 11.6 Å². The maximum atomic E-state index is 13.3. The van der Waals surface area contributed by atoms with Gasteiger partial charge in [0.2, 0.25) is 5.43 Å². The molecule has 17 heavy (non-hydrogen) atoms. The topological polar surface area (TPSA) is 45.8 Å². The molecule has 0 radical (unpaired) electrons. The molecule has 0 spiro atoms. The number of nitriles is 1. The van der Waals surface area contributed by atoms with Gasteiger partial charge in [0.15, 0.2) is 0 Å². The van der Waals surface area contributed by atoms with Crippen molar-refractivity contribution in [1.29, 1.82) is 5.26 Å². The highest BCUT2D eigenvalue weighted by atomic mass is 35.5. The van der Waals surface area contributed by atoms with Crippen molar-refractivity contribution < 1.29 is 4.39 Å². The van der Waals surface area contributed by atoms with E-state index in [1.807, 2.05) is 13.0 Å². The fourth-order valence-electron chi connectivity index (χ4n) is 1.73. The molecule has 0 atom stereocenters. The molecule has 1 heterocycles. The van der Waals surface area contributed by atoms with Gasteiger partial charge in [-0.05, 0) is 19.1 Å². The monoisotopic (exact) mass is 250 g/mol. The van der Waals surface area contributed by atoms with Crippen molar-refractivity contribution in [2.45, 2.75) is 13.5 Å². The van der Waals surface area contributed by atoms with Crippen molar-refractivity contribution in [2.75, 3.05) is 0 Å². The van der Waals surface area contributed by atoms with Crippen LogP contribution in [-0.2, 0) is 6.54 Å². The average molecular weight is 251 g/mol. The van der Waals surface area contributed by atoms with Crippen LogP contribution in [0, 0.1) is 17.1 Å². The van der Waals surface area contributed by atoms with E-state index in [4.69, 9.17) is 16.9 Å². The van der Waals surface area contributed by atoms with Crippen molar-refractivity contribution >= 4 is 22.5 Å². The van der Waals surface area contributed by atoms with E-state index in [2.05, 4.69) is 0 Å². The molecule has 86 valence electrons. The normalized spacial score (nSPS) is 10.5. The summed E-state index contributed by atoms with van der Waals surface area (Å²) in [4.78, 5) is 11.8. The fourth-order valence-corrected chi connectivity index (χ4v) is 1.88. The largest absolute Gasteiger partial charge is 0.346 e. The second-order valence-electron chi connectivity index (χ2n) is 3.55. The zero-order valence-corrected chi connectivity index (χ0v) is 9.75. The summed E-state index contributed by atoms with van der Waals surface area (Å²) in [7, 11) is 0. The first kappa shape index (κ1) is 11.6. The Morgan fingerprint density at radius 1 is 1.53 bits per heavy atom. The number of aryl methyl sites for hydroxylation is 1. The molecule has 0 fully saturated rings. The van der Waals surface area contributed by atoms with E-state index in [0.717, 1.165) is 6.07 Å². The summed E-state index contributed by atoms with van der Waals surface area (Å²) in [5.41, 5.74) is 0.0618. The van der Waals surface area contributed by atoms with E-state index in [-0.39, 0.29) is 16.0 Å². The molecule has 0 bridgehead atoms. The van der Waals surface area contributed by atoms with Crippen molar-refractivity contribution in [3.05, 3.63) is 45.0 Å². The van der Waals surface area contributed by atoms with Crippen LogP contribution in [0.1, 0.15) is 12.5 Å². The second-order valence-corrected chi connectivity index (χ2v) is 3.96. The number of benzene rings is 1. The number of nitrogens with zero attached hydrogens (tertiary/aromatic N) is 2. The quantitative estimate of drug-likeness (QED) is 0.781. The van der Waals surface area contributed by atoms with Gasteiger partial charge in [0.05, 0.1) is 15.9 Å². The Morgan fingerprint density at radius 2 is 2.24 bits per heavy atom. The van der Waals surface area contributed by atoms with Crippen LogP contribution in [0.5, 0.6) is 0 Å². The lowest BCUT2D eigenvalue weighted by atomic mass is 10.1. The molecule has 0 aliphatic rings. The summed E-state index contributed by atoms with van der Waals surface area (Å²) in [6, 6.07) is 4.28. The van der Waals surface area contributed by atoms with Gasteiger partial charge in [-0.3, -0.25) is 4.79 Å². The standard InChI is InChI=1S/C12H8ClFN2O/c1-2-16-6-7(5-15)12(17)8-3-10(14)9(13)4-11(8)16/h3-4,6H,2H2,1H3. The minimum atomic E-state index is -0.658. The van der Waals surface area contributed by atoms with Crippen LogP contribution < -0.4 is 5.43 Å². The first-order valence-corrected chi connectivity index (χ1v) is 5.38. The van der Waals surface area contributed by atoms with E-state index >= 15 is 0 Å². The number of fused-ring (bicyclic) bond motifs is 1. The molecule has 0 aliphatic carbocycles. The summed E-state index contributed by atoms with van der Waals surface area (Å²) >= 11 is 5.69. The summed E-state index contributed by atoms with van der Waals surface area (Å²) < 4.78 is 15.0. The predicted molar refractivity (Wildman–Crippen MR) is 63.6 cm³/mol. The van der Waals surface area contributed by atoms with E-state index in [9.17, 15) is 9.18 Å². The molecule has 2 aromatic rings. The molecule has 0 amide bonds. The van der Waals surface area contributed by atoms with Crippen LogP contribution in [0.3, 0.4) is 0 Å². The minimum Gasteiger partial charge on any atom is -0.346 e. The zero-order chi connectivity index (χ0) is 12.6. The number of pyridine rings is 1. The lowest BCUT2D eigenvalue weighted by Crippen LogP contribution is -2.12. The zero-order valence-electron chi connectivity index (χ0n) is 9.00. The summed E-state index contributed by atoms with van der Waals surface area (Å²) in [5.74, 6) is -0.658. The van der Waals surface area contributed by atoms with E-state index in [0.29, 0.717) is 12.1 Å². The number of aromatic nitrogens is 1. The third kappa shape index (κ3) is 1.79. The maximum Gasteiger partial charge on any atom is 0.207 e. The van der Waals surface area contributed by atoms with Gasteiger partial charge >= 0.3 is 0 Å². The molecule has 1 aromatic heterocycles. The van der Waals surface area contributed by atoms with Crippen LogP contribution in [0.25, 0.3) is 10.9 Å². The van der Waals surface area contributed by atoms with Gasteiger partial charge in [-0.25, -0.2) is 4.39 Å². The van der Waals surface area contributed by atoms with E-state index < -0.39 is 11.2 Å². The molecular formula is C12H8ClFN2O.